The van der Waals surface area contributed by atoms with Gasteiger partial charge in [-0.25, -0.2) is 0 Å². The summed E-state index contributed by atoms with van der Waals surface area (Å²) < 4.78 is 10.5. The van der Waals surface area contributed by atoms with Crippen LogP contribution in [-0.2, 0) is 20.9 Å². The number of carboxylic acid groups (broad SMARTS) is 1. The number of nitrogens with one attached hydrogen (secondary N) is 1. The second-order valence-corrected chi connectivity index (χ2v) is 4.62. The van der Waals surface area contributed by atoms with Crippen LogP contribution in [0.2, 0.25) is 0 Å². The molecule has 21 heavy (non-hydrogen) atoms. The van der Waals surface area contributed by atoms with Gasteiger partial charge in [-0.15, -0.1) is 0 Å². The van der Waals surface area contributed by atoms with Crippen LogP contribution in [-0.4, -0.2) is 37.3 Å². The molecule has 1 aromatic carbocycles. The molecular weight excluding hydrogens is 274 g/mol. The maximum atomic E-state index is 11.5. The van der Waals surface area contributed by atoms with Gasteiger partial charge in [0.05, 0.1) is 6.61 Å². The molecule has 6 heteroatoms. The second kappa shape index (κ2) is 8.97. The maximum Gasteiger partial charge on any atom is 0.315 e. The minimum Gasteiger partial charge on any atom is -0.493 e. The lowest BCUT2D eigenvalue weighted by Crippen LogP contribution is -2.33. The third-order valence-corrected chi connectivity index (χ3v) is 2.89. The Morgan fingerprint density at radius 2 is 2.10 bits per heavy atom. The third kappa shape index (κ3) is 6.27. The number of hydrogen-bond donors (Lipinski definition) is 2. The summed E-state index contributed by atoms with van der Waals surface area (Å²) >= 11 is 0. The molecule has 0 spiro atoms. The number of ether oxygens (including phenoxy) is 2. The van der Waals surface area contributed by atoms with Gasteiger partial charge in [0.25, 0.3) is 0 Å². The van der Waals surface area contributed by atoms with Gasteiger partial charge in [-0.2, -0.15) is 0 Å². The molecule has 0 radical (unpaired) electrons. The highest BCUT2D eigenvalue weighted by atomic mass is 16.5. The van der Waals surface area contributed by atoms with Gasteiger partial charge >= 0.3 is 5.97 Å². The SMILES string of the molecule is COCCCOc1cccc(CNC(=O)C(C)C(=O)O)c1. The van der Waals surface area contributed by atoms with Crippen molar-refractivity contribution in [3.63, 3.8) is 0 Å². The number of carbonyl (C=O) groups excluding carboxylic acids is 1. The number of methoxy groups -OCH3 is 1. The summed E-state index contributed by atoms with van der Waals surface area (Å²) in [5, 5.41) is 11.3. The minimum atomic E-state index is -1.14. The summed E-state index contributed by atoms with van der Waals surface area (Å²) in [5.41, 5.74) is 0.852. The molecule has 0 fully saturated rings. The summed E-state index contributed by atoms with van der Waals surface area (Å²) in [7, 11) is 1.64. The summed E-state index contributed by atoms with van der Waals surface area (Å²) in [6, 6.07) is 7.32. The largest absolute Gasteiger partial charge is 0.493 e. The fraction of sp³-hybridized carbons (Fsp3) is 0.467. The smallest absolute Gasteiger partial charge is 0.315 e. The van der Waals surface area contributed by atoms with Crippen molar-refractivity contribution < 1.29 is 24.2 Å². The van der Waals surface area contributed by atoms with Crippen LogP contribution in [0.25, 0.3) is 0 Å². The lowest BCUT2D eigenvalue weighted by Gasteiger charge is -2.10. The summed E-state index contributed by atoms with van der Waals surface area (Å²) in [6.45, 7) is 2.82. The van der Waals surface area contributed by atoms with E-state index in [0.717, 1.165) is 12.0 Å². The highest BCUT2D eigenvalue weighted by Gasteiger charge is 2.19. The normalized spacial score (nSPS) is 11.7. The number of rotatable bonds is 9. The van der Waals surface area contributed by atoms with E-state index in [1.165, 1.54) is 6.92 Å². The van der Waals surface area contributed by atoms with Gasteiger partial charge in [0, 0.05) is 26.7 Å². The monoisotopic (exact) mass is 295 g/mol. The molecule has 1 aromatic rings. The zero-order valence-corrected chi connectivity index (χ0v) is 12.3. The number of carboxylic acids is 1. The zero-order valence-electron chi connectivity index (χ0n) is 12.3. The Kier molecular flexibility index (Phi) is 7.25. The molecule has 1 unspecified atom stereocenters. The van der Waals surface area contributed by atoms with Crippen LogP contribution in [0.15, 0.2) is 24.3 Å². The van der Waals surface area contributed by atoms with Gasteiger partial charge in [0.1, 0.15) is 11.7 Å². The van der Waals surface area contributed by atoms with E-state index in [1.54, 1.807) is 7.11 Å². The first-order valence-corrected chi connectivity index (χ1v) is 6.75. The molecule has 0 aliphatic rings. The Balaban J connectivity index is 2.45. The minimum absolute atomic E-state index is 0.270. The van der Waals surface area contributed by atoms with Gasteiger partial charge in [-0.3, -0.25) is 9.59 Å². The van der Waals surface area contributed by atoms with Gasteiger partial charge in [0.15, 0.2) is 0 Å². The van der Waals surface area contributed by atoms with Crippen LogP contribution in [0.3, 0.4) is 0 Å². The second-order valence-electron chi connectivity index (χ2n) is 4.62. The Morgan fingerprint density at radius 1 is 1.33 bits per heavy atom. The molecule has 0 heterocycles. The van der Waals surface area contributed by atoms with Crippen molar-refractivity contribution in [2.75, 3.05) is 20.3 Å². The molecule has 0 aromatic heterocycles. The van der Waals surface area contributed by atoms with Crippen LogP contribution in [0, 0.1) is 5.92 Å². The molecule has 0 aliphatic heterocycles. The average molecular weight is 295 g/mol. The molecule has 0 saturated heterocycles. The third-order valence-electron chi connectivity index (χ3n) is 2.89. The van der Waals surface area contributed by atoms with Crippen LogP contribution in [0.4, 0.5) is 0 Å². The molecule has 6 nitrogen and oxygen atoms in total. The Morgan fingerprint density at radius 3 is 2.76 bits per heavy atom. The maximum absolute atomic E-state index is 11.5. The number of carbonyl (C=O) groups is 2. The highest BCUT2D eigenvalue weighted by Crippen LogP contribution is 2.13. The summed E-state index contributed by atoms with van der Waals surface area (Å²) in [6.07, 6.45) is 0.799. The average Bonchev–Trinajstić information content (AvgIpc) is 2.48. The number of benzene rings is 1. The van der Waals surface area contributed by atoms with Gasteiger partial charge in [-0.05, 0) is 24.6 Å². The molecule has 1 rings (SSSR count). The fourth-order valence-corrected chi connectivity index (χ4v) is 1.59. The van der Waals surface area contributed by atoms with Crippen molar-refractivity contribution in [2.24, 2.45) is 5.92 Å². The first-order chi connectivity index (χ1) is 10.0. The van der Waals surface area contributed by atoms with E-state index >= 15 is 0 Å². The van der Waals surface area contributed by atoms with Crippen LogP contribution in [0.5, 0.6) is 5.75 Å². The van der Waals surface area contributed by atoms with Crippen molar-refractivity contribution in [2.45, 2.75) is 19.9 Å². The van der Waals surface area contributed by atoms with E-state index < -0.39 is 17.8 Å². The van der Waals surface area contributed by atoms with Crippen LogP contribution < -0.4 is 10.1 Å². The molecule has 0 saturated carbocycles. The number of hydrogen-bond acceptors (Lipinski definition) is 4. The molecular formula is C15H21NO5. The molecule has 1 amide bonds. The van der Waals surface area contributed by atoms with Gasteiger partial charge in [0.2, 0.25) is 5.91 Å². The van der Waals surface area contributed by atoms with E-state index in [0.29, 0.717) is 19.0 Å². The van der Waals surface area contributed by atoms with Crippen molar-refractivity contribution in [1.82, 2.24) is 5.32 Å². The topological polar surface area (TPSA) is 84.9 Å². The molecule has 1 atom stereocenters. The van der Waals surface area contributed by atoms with E-state index in [-0.39, 0.29) is 6.54 Å². The first-order valence-electron chi connectivity index (χ1n) is 6.75. The fourth-order valence-electron chi connectivity index (χ4n) is 1.59. The van der Waals surface area contributed by atoms with Gasteiger partial charge < -0.3 is 19.9 Å². The molecule has 2 N–H and O–H groups in total. The van der Waals surface area contributed by atoms with Gasteiger partial charge in [-0.1, -0.05) is 12.1 Å². The van der Waals surface area contributed by atoms with E-state index in [2.05, 4.69) is 5.32 Å². The predicted octanol–water partition coefficient (Wildman–Crippen LogP) is 1.44. The molecule has 116 valence electrons. The predicted molar refractivity (Wildman–Crippen MR) is 77.1 cm³/mol. The lowest BCUT2D eigenvalue weighted by molar-refractivity contribution is -0.146. The summed E-state index contributed by atoms with van der Waals surface area (Å²) in [5.74, 6) is -1.99. The van der Waals surface area contributed by atoms with E-state index in [4.69, 9.17) is 14.6 Å². The van der Waals surface area contributed by atoms with Crippen LogP contribution in [0.1, 0.15) is 18.9 Å². The number of amides is 1. The zero-order chi connectivity index (χ0) is 15.7. The van der Waals surface area contributed by atoms with Crippen LogP contribution >= 0.6 is 0 Å². The highest BCUT2D eigenvalue weighted by molar-refractivity contribution is 5.96. The Hall–Kier alpha value is -2.08. The van der Waals surface area contributed by atoms with E-state index in [9.17, 15) is 9.59 Å². The standard InChI is InChI=1S/C15H21NO5/c1-11(15(18)19)14(17)16-10-12-5-3-6-13(9-12)21-8-4-7-20-2/h3,5-6,9,11H,4,7-8,10H2,1-2H3,(H,16,17)(H,18,19). The van der Waals surface area contributed by atoms with E-state index in [1.807, 2.05) is 24.3 Å². The lowest BCUT2D eigenvalue weighted by atomic mass is 10.1. The van der Waals surface area contributed by atoms with Crippen molar-refractivity contribution in [3.05, 3.63) is 29.8 Å². The van der Waals surface area contributed by atoms with Crippen molar-refractivity contribution in [1.29, 1.82) is 0 Å². The number of aliphatic carboxylic acids is 1. The van der Waals surface area contributed by atoms with Crippen molar-refractivity contribution >= 4 is 11.9 Å². The first kappa shape index (κ1) is 17.0. The van der Waals surface area contributed by atoms with Crippen molar-refractivity contribution in [3.8, 4) is 5.75 Å². The summed E-state index contributed by atoms with van der Waals surface area (Å²) in [4.78, 5) is 22.2. The Labute approximate surface area is 124 Å². The molecule has 0 bridgehead atoms. The Bertz CT molecular complexity index is 475. The quantitative estimate of drug-likeness (QED) is 0.532. The molecule has 0 aliphatic carbocycles.